The SMILES string of the molecule is Cc1cccc(CN2CCC(Cl)C(C)C2)c1. The average Bonchev–Trinajstić information content (AvgIpc) is 2.24. The molecule has 0 radical (unpaired) electrons. The predicted molar refractivity (Wildman–Crippen MR) is 69.9 cm³/mol. The van der Waals surface area contributed by atoms with Crippen LogP contribution in [0.5, 0.6) is 0 Å². The third kappa shape index (κ3) is 2.99. The first-order chi connectivity index (χ1) is 7.65. The van der Waals surface area contributed by atoms with Crippen molar-refractivity contribution in [2.24, 2.45) is 5.92 Å². The Labute approximate surface area is 103 Å². The molecule has 0 aromatic heterocycles. The molecule has 1 nitrogen and oxygen atoms in total. The van der Waals surface area contributed by atoms with E-state index in [1.165, 1.54) is 11.1 Å². The van der Waals surface area contributed by atoms with Gasteiger partial charge in [0.2, 0.25) is 0 Å². The van der Waals surface area contributed by atoms with Crippen molar-refractivity contribution in [3.63, 3.8) is 0 Å². The Kier molecular flexibility index (Phi) is 3.88. The normalized spacial score (nSPS) is 26.9. The first-order valence-electron chi connectivity index (χ1n) is 6.07. The Morgan fingerprint density at radius 1 is 1.44 bits per heavy atom. The summed E-state index contributed by atoms with van der Waals surface area (Å²) in [6.07, 6.45) is 1.12. The van der Waals surface area contributed by atoms with Crippen LogP contribution in [0, 0.1) is 12.8 Å². The van der Waals surface area contributed by atoms with Crippen LogP contribution in [0.25, 0.3) is 0 Å². The van der Waals surface area contributed by atoms with Crippen molar-refractivity contribution in [2.75, 3.05) is 13.1 Å². The summed E-state index contributed by atoms with van der Waals surface area (Å²) in [5, 5.41) is 0.369. The Morgan fingerprint density at radius 2 is 2.25 bits per heavy atom. The second kappa shape index (κ2) is 5.20. The molecule has 0 spiro atoms. The van der Waals surface area contributed by atoms with Crippen LogP contribution in [0.15, 0.2) is 24.3 Å². The van der Waals surface area contributed by atoms with Gasteiger partial charge in [0, 0.05) is 18.5 Å². The Morgan fingerprint density at radius 3 is 2.94 bits per heavy atom. The second-order valence-corrected chi connectivity index (χ2v) is 5.57. The fraction of sp³-hybridized carbons (Fsp3) is 0.571. The van der Waals surface area contributed by atoms with E-state index in [-0.39, 0.29) is 0 Å². The summed E-state index contributed by atoms with van der Waals surface area (Å²) in [6, 6.07) is 8.78. The summed E-state index contributed by atoms with van der Waals surface area (Å²) in [5.74, 6) is 0.611. The monoisotopic (exact) mass is 237 g/mol. The van der Waals surface area contributed by atoms with Crippen molar-refractivity contribution >= 4 is 11.6 Å². The molecule has 1 aromatic rings. The maximum atomic E-state index is 6.23. The molecule has 1 fully saturated rings. The van der Waals surface area contributed by atoms with E-state index in [2.05, 4.69) is 43.0 Å². The quantitative estimate of drug-likeness (QED) is 0.713. The van der Waals surface area contributed by atoms with Crippen molar-refractivity contribution < 1.29 is 0 Å². The van der Waals surface area contributed by atoms with Gasteiger partial charge in [-0.2, -0.15) is 0 Å². The van der Waals surface area contributed by atoms with Crippen molar-refractivity contribution in [1.82, 2.24) is 4.90 Å². The van der Waals surface area contributed by atoms with E-state index in [0.29, 0.717) is 11.3 Å². The summed E-state index contributed by atoms with van der Waals surface area (Å²) in [7, 11) is 0. The highest BCUT2D eigenvalue weighted by atomic mass is 35.5. The average molecular weight is 238 g/mol. The minimum atomic E-state index is 0.369. The molecular formula is C14H20ClN. The lowest BCUT2D eigenvalue weighted by atomic mass is 9.99. The topological polar surface area (TPSA) is 3.24 Å². The number of aryl methyl sites for hydroxylation is 1. The van der Waals surface area contributed by atoms with E-state index in [4.69, 9.17) is 11.6 Å². The molecule has 2 rings (SSSR count). The van der Waals surface area contributed by atoms with E-state index >= 15 is 0 Å². The fourth-order valence-electron chi connectivity index (χ4n) is 2.42. The van der Waals surface area contributed by atoms with Gasteiger partial charge in [-0.15, -0.1) is 11.6 Å². The first kappa shape index (κ1) is 11.9. The smallest absolute Gasteiger partial charge is 0.0386 e. The highest BCUT2D eigenvalue weighted by Gasteiger charge is 2.23. The van der Waals surface area contributed by atoms with Gasteiger partial charge in [0.05, 0.1) is 0 Å². The van der Waals surface area contributed by atoms with Crippen LogP contribution in [0.2, 0.25) is 0 Å². The minimum Gasteiger partial charge on any atom is -0.299 e. The number of hydrogen-bond acceptors (Lipinski definition) is 1. The lowest BCUT2D eigenvalue weighted by Crippen LogP contribution is -2.39. The maximum Gasteiger partial charge on any atom is 0.0386 e. The summed E-state index contributed by atoms with van der Waals surface area (Å²) < 4.78 is 0. The highest BCUT2D eigenvalue weighted by molar-refractivity contribution is 6.20. The summed E-state index contributed by atoms with van der Waals surface area (Å²) >= 11 is 6.23. The zero-order chi connectivity index (χ0) is 11.5. The van der Waals surface area contributed by atoms with Gasteiger partial charge >= 0.3 is 0 Å². The van der Waals surface area contributed by atoms with E-state index in [0.717, 1.165) is 26.1 Å². The molecule has 0 bridgehead atoms. The van der Waals surface area contributed by atoms with E-state index in [9.17, 15) is 0 Å². The molecule has 2 unspecified atom stereocenters. The summed E-state index contributed by atoms with van der Waals surface area (Å²) in [5.41, 5.74) is 2.76. The number of alkyl halides is 1. The van der Waals surface area contributed by atoms with Gasteiger partial charge in [-0.25, -0.2) is 0 Å². The molecule has 0 N–H and O–H groups in total. The largest absolute Gasteiger partial charge is 0.299 e. The van der Waals surface area contributed by atoms with Crippen LogP contribution in [-0.2, 0) is 6.54 Å². The number of piperidine rings is 1. The van der Waals surface area contributed by atoms with Crippen LogP contribution in [0.3, 0.4) is 0 Å². The van der Waals surface area contributed by atoms with Gasteiger partial charge in [0.15, 0.2) is 0 Å². The molecule has 16 heavy (non-hydrogen) atoms. The predicted octanol–water partition coefficient (Wildman–Crippen LogP) is 3.44. The summed E-state index contributed by atoms with van der Waals surface area (Å²) in [4.78, 5) is 2.51. The highest BCUT2D eigenvalue weighted by Crippen LogP contribution is 2.23. The zero-order valence-electron chi connectivity index (χ0n) is 10.1. The Hall–Kier alpha value is -0.530. The standard InChI is InChI=1S/C14H20ClN/c1-11-4-3-5-13(8-11)10-16-7-6-14(15)12(2)9-16/h3-5,8,12,14H,6-7,9-10H2,1-2H3. The number of nitrogens with zero attached hydrogens (tertiary/aromatic N) is 1. The van der Waals surface area contributed by atoms with Crippen LogP contribution in [0.4, 0.5) is 0 Å². The molecule has 0 aliphatic carbocycles. The molecule has 1 aliphatic heterocycles. The lowest BCUT2D eigenvalue weighted by Gasteiger charge is -2.34. The molecule has 1 aromatic carbocycles. The van der Waals surface area contributed by atoms with Crippen molar-refractivity contribution in [3.05, 3.63) is 35.4 Å². The van der Waals surface area contributed by atoms with Gasteiger partial charge in [-0.05, 0) is 31.4 Å². The molecule has 2 atom stereocenters. The zero-order valence-corrected chi connectivity index (χ0v) is 10.9. The van der Waals surface area contributed by atoms with Crippen LogP contribution in [0.1, 0.15) is 24.5 Å². The van der Waals surface area contributed by atoms with Crippen LogP contribution in [-0.4, -0.2) is 23.4 Å². The molecule has 0 saturated carbocycles. The van der Waals surface area contributed by atoms with Gasteiger partial charge < -0.3 is 0 Å². The third-order valence-electron chi connectivity index (χ3n) is 3.37. The molecule has 1 aliphatic rings. The maximum absolute atomic E-state index is 6.23. The number of rotatable bonds is 2. The van der Waals surface area contributed by atoms with Gasteiger partial charge in [-0.3, -0.25) is 4.90 Å². The Balaban J connectivity index is 1.95. The van der Waals surface area contributed by atoms with Gasteiger partial charge in [-0.1, -0.05) is 36.8 Å². The second-order valence-electron chi connectivity index (χ2n) is 5.01. The number of likely N-dealkylation sites (tertiary alicyclic amines) is 1. The third-order valence-corrected chi connectivity index (χ3v) is 4.02. The molecule has 1 saturated heterocycles. The number of hydrogen-bond donors (Lipinski definition) is 0. The van der Waals surface area contributed by atoms with Crippen molar-refractivity contribution in [1.29, 1.82) is 0 Å². The van der Waals surface area contributed by atoms with E-state index in [1.807, 2.05) is 0 Å². The van der Waals surface area contributed by atoms with Gasteiger partial charge in [0.1, 0.15) is 0 Å². The number of halogens is 1. The minimum absolute atomic E-state index is 0.369. The van der Waals surface area contributed by atoms with Crippen LogP contribution < -0.4 is 0 Å². The van der Waals surface area contributed by atoms with E-state index in [1.54, 1.807) is 0 Å². The van der Waals surface area contributed by atoms with Crippen molar-refractivity contribution in [2.45, 2.75) is 32.2 Å². The molecule has 1 heterocycles. The van der Waals surface area contributed by atoms with Gasteiger partial charge in [0.25, 0.3) is 0 Å². The van der Waals surface area contributed by atoms with Crippen molar-refractivity contribution in [3.8, 4) is 0 Å². The molecular weight excluding hydrogens is 218 g/mol. The van der Waals surface area contributed by atoms with E-state index < -0.39 is 0 Å². The Bertz CT molecular complexity index is 350. The van der Waals surface area contributed by atoms with Crippen LogP contribution >= 0.6 is 11.6 Å². The molecule has 2 heteroatoms. The molecule has 88 valence electrons. The fourth-order valence-corrected chi connectivity index (χ4v) is 2.59. The number of benzene rings is 1. The first-order valence-corrected chi connectivity index (χ1v) is 6.51. The lowest BCUT2D eigenvalue weighted by molar-refractivity contribution is 0.180. The molecule has 0 amide bonds. The summed E-state index contributed by atoms with van der Waals surface area (Å²) in [6.45, 7) is 7.72.